The maximum Gasteiger partial charge on any atom is 0.410 e. The van der Waals surface area contributed by atoms with E-state index >= 15 is 0 Å². The van der Waals surface area contributed by atoms with E-state index in [1.54, 1.807) is 4.90 Å². The maximum atomic E-state index is 12.2. The molecule has 116 valence electrons. The fraction of sp³-hybridized carbons (Fsp3) is 0.562. The molecule has 2 rings (SSSR count). The lowest BCUT2D eigenvalue weighted by atomic mass is 10.0. The average molecular weight is 293 g/mol. The highest BCUT2D eigenvalue weighted by atomic mass is 16.6. The van der Waals surface area contributed by atoms with Crippen LogP contribution in [-0.2, 0) is 16.1 Å². The molecule has 0 aromatic heterocycles. The van der Waals surface area contributed by atoms with Crippen LogP contribution in [0.1, 0.15) is 24.8 Å². The van der Waals surface area contributed by atoms with Crippen LogP contribution < -0.4 is 0 Å². The smallest absolute Gasteiger partial charge is 0.410 e. The Hall–Kier alpha value is -1.59. The number of benzene rings is 1. The van der Waals surface area contributed by atoms with E-state index in [9.17, 15) is 4.79 Å². The van der Waals surface area contributed by atoms with Crippen molar-refractivity contribution in [2.45, 2.75) is 31.9 Å². The molecule has 1 N–H and O–H groups in total. The zero-order valence-corrected chi connectivity index (χ0v) is 12.2. The molecule has 5 heteroatoms. The van der Waals surface area contributed by atoms with Crippen LogP contribution >= 0.6 is 0 Å². The topological polar surface area (TPSA) is 59.0 Å². The number of hydrogen-bond acceptors (Lipinski definition) is 4. The van der Waals surface area contributed by atoms with Crippen LogP contribution in [0.2, 0.25) is 0 Å². The van der Waals surface area contributed by atoms with Gasteiger partial charge in [-0.1, -0.05) is 30.3 Å². The van der Waals surface area contributed by atoms with Crippen molar-refractivity contribution in [1.82, 2.24) is 4.90 Å². The minimum atomic E-state index is -0.281. The molecule has 0 radical (unpaired) electrons. The van der Waals surface area contributed by atoms with E-state index in [1.807, 2.05) is 30.3 Å². The molecule has 0 saturated carbocycles. The SMILES string of the molecule is O=C(OCc1ccccc1)N1CCCC[C@@H]1COCCO. The molecular weight excluding hydrogens is 270 g/mol. The fourth-order valence-electron chi connectivity index (χ4n) is 2.50. The molecule has 1 aliphatic heterocycles. The largest absolute Gasteiger partial charge is 0.445 e. The lowest BCUT2D eigenvalue weighted by Gasteiger charge is -2.34. The molecular formula is C16H23NO4. The summed E-state index contributed by atoms with van der Waals surface area (Å²) in [5.41, 5.74) is 0.982. The number of aliphatic hydroxyl groups excluding tert-OH is 1. The zero-order chi connectivity index (χ0) is 14.9. The molecule has 0 unspecified atom stereocenters. The molecule has 5 nitrogen and oxygen atoms in total. The van der Waals surface area contributed by atoms with E-state index in [4.69, 9.17) is 14.6 Å². The van der Waals surface area contributed by atoms with Gasteiger partial charge in [-0.3, -0.25) is 0 Å². The molecule has 1 aromatic rings. The summed E-state index contributed by atoms with van der Waals surface area (Å²) >= 11 is 0. The first kappa shape index (κ1) is 15.8. The molecule has 1 aromatic carbocycles. The van der Waals surface area contributed by atoms with Crippen LogP contribution in [0.3, 0.4) is 0 Å². The number of amides is 1. The Labute approximate surface area is 125 Å². The van der Waals surface area contributed by atoms with Gasteiger partial charge in [0.25, 0.3) is 0 Å². The molecule has 1 heterocycles. The quantitative estimate of drug-likeness (QED) is 0.817. The minimum Gasteiger partial charge on any atom is -0.445 e. The number of likely N-dealkylation sites (tertiary alicyclic amines) is 1. The van der Waals surface area contributed by atoms with Gasteiger partial charge in [0.2, 0.25) is 0 Å². The number of carbonyl (C=O) groups is 1. The van der Waals surface area contributed by atoms with Gasteiger partial charge in [-0.2, -0.15) is 0 Å². The van der Waals surface area contributed by atoms with Crippen molar-refractivity contribution in [3.63, 3.8) is 0 Å². The number of ether oxygens (including phenoxy) is 2. The second-order valence-corrected chi connectivity index (χ2v) is 5.18. The minimum absolute atomic E-state index is 0.00513. The first-order valence-corrected chi connectivity index (χ1v) is 7.47. The number of carbonyl (C=O) groups excluding carboxylic acids is 1. The van der Waals surface area contributed by atoms with Gasteiger partial charge in [0.05, 0.1) is 25.9 Å². The van der Waals surface area contributed by atoms with Crippen LogP contribution in [0.5, 0.6) is 0 Å². The second kappa shape index (κ2) is 8.64. The van der Waals surface area contributed by atoms with Crippen LogP contribution in [-0.4, -0.2) is 48.5 Å². The number of hydrogen-bond donors (Lipinski definition) is 1. The monoisotopic (exact) mass is 293 g/mol. The normalized spacial score (nSPS) is 18.5. The molecule has 1 amide bonds. The van der Waals surface area contributed by atoms with Gasteiger partial charge in [-0.05, 0) is 24.8 Å². The highest BCUT2D eigenvalue weighted by molar-refractivity contribution is 5.68. The summed E-state index contributed by atoms with van der Waals surface area (Å²) in [5, 5.41) is 8.75. The van der Waals surface area contributed by atoms with Crippen molar-refractivity contribution in [1.29, 1.82) is 0 Å². The van der Waals surface area contributed by atoms with Gasteiger partial charge in [-0.15, -0.1) is 0 Å². The Morgan fingerprint density at radius 1 is 1.29 bits per heavy atom. The Bertz CT molecular complexity index is 424. The van der Waals surface area contributed by atoms with E-state index < -0.39 is 0 Å². The van der Waals surface area contributed by atoms with Gasteiger partial charge in [0.1, 0.15) is 6.61 Å². The molecule has 0 bridgehead atoms. The molecule has 0 spiro atoms. The third-order valence-electron chi connectivity index (χ3n) is 3.61. The Kier molecular flexibility index (Phi) is 6.50. The number of aliphatic hydroxyl groups is 1. The number of rotatable bonds is 6. The van der Waals surface area contributed by atoms with Crippen LogP contribution in [0.25, 0.3) is 0 Å². The fourth-order valence-corrected chi connectivity index (χ4v) is 2.50. The van der Waals surface area contributed by atoms with Crippen molar-refractivity contribution in [2.75, 3.05) is 26.4 Å². The van der Waals surface area contributed by atoms with E-state index in [1.165, 1.54) is 0 Å². The predicted octanol–water partition coefficient (Wildman–Crippen LogP) is 2.19. The van der Waals surface area contributed by atoms with Crippen LogP contribution in [0.4, 0.5) is 4.79 Å². The molecule has 1 saturated heterocycles. The summed E-state index contributed by atoms with van der Waals surface area (Å²) in [5.74, 6) is 0. The number of piperidine rings is 1. The van der Waals surface area contributed by atoms with Gasteiger partial charge in [0, 0.05) is 6.54 Å². The summed E-state index contributed by atoms with van der Waals surface area (Å²) in [7, 11) is 0. The number of nitrogens with zero attached hydrogens (tertiary/aromatic N) is 1. The summed E-state index contributed by atoms with van der Waals surface area (Å²) in [4.78, 5) is 14.0. The molecule has 1 aliphatic rings. The van der Waals surface area contributed by atoms with Crippen LogP contribution in [0, 0.1) is 0 Å². The molecule has 1 fully saturated rings. The predicted molar refractivity (Wildman–Crippen MR) is 78.9 cm³/mol. The Morgan fingerprint density at radius 2 is 2.10 bits per heavy atom. The molecule has 21 heavy (non-hydrogen) atoms. The summed E-state index contributed by atoms with van der Waals surface area (Å²) in [6, 6.07) is 9.71. The van der Waals surface area contributed by atoms with Crippen molar-refractivity contribution >= 4 is 6.09 Å². The van der Waals surface area contributed by atoms with E-state index in [0.29, 0.717) is 26.4 Å². The van der Waals surface area contributed by atoms with Gasteiger partial charge in [0.15, 0.2) is 0 Å². The first-order valence-electron chi connectivity index (χ1n) is 7.47. The first-order chi connectivity index (χ1) is 10.3. The van der Waals surface area contributed by atoms with Gasteiger partial charge < -0.3 is 19.5 Å². The van der Waals surface area contributed by atoms with Crippen molar-refractivity contribution < 1.29 is 19.4 Å². The van der Waals surface area contributed by atoms with E-state index in [-0.39, 0.29) is 18.7 Å². The zero-order valence-electron chi connectivity index (χ0n) is 12.2. The summed E-state index contributed by atoms with van der Waals surface area (Å²) in [6.45, 7) is 1.77. The lowest BCUT2D eigenvalue weighted by Crippen LogP contribution is -2.46. The van der Waals surface area contributed by atoms with Crippen LogP contribution in [0.15, 0.2) is 30.3 Å². The van der Waals surface area contributed by atoms with Crippen molar-refractivity contribution in [3.8, 4) is 0 Å². The van der Waals surface area contributed by atoms with Gasteiger partial charge in [-0.25, -0.2) is 4.79 Å². The maximum absolute atomic E-state index is 12.2. The molecule has 0 aliphatic carbocycles. The summed E-state index contributed by atoms with van der Waals surface area (Å²) in [6.07, 6.45) is 2.73. The van der Waals surface area contributed by atoms with Gasteiger partial charge >= 0.3 is 6.09 Å². The van der Waals surface area contributed by atoms with Crippen molar-refractivity contribution in [2.24, 2.45) is 0 Å². The molecule has 1 atom stereocenters. The third-order valence-corrected chi connectivity index (χ3v) is 3.61. The van der Waals surface area contributed by atoms with E-state index in [2.05, 4.69) is 0 Å². The third kappa shape index (κ3) is 5.02. The highest BCUT2D eigenvalue weighted by Crippen LogP contribution is 2.18. The standard InChI is InChI=1S/C16H23NO4/c18-10-11-20-13-15-8-4-5-9-17(15)16(19)21-12-14-6-2-1-3-7-14/h1-3,6-7,15,18H,4-5,8-13H2/t15-/m1/s1. The second-order valence-electron chi connectivity index (χ2n) is 5.18. The highest BCUT2D eigenvalue weighted by Gasteiger charge is 2.27. The van der Waals surface area contributed by atoms with Crippen molar-refractivity contribution in [3.05, 3.63) is 35.9 Å². The lowest BCUT2D eigenvalue weighted by molar-refractivity contribution is 0.0169. The Morgan fingerprint density at radius 3 is 2.86 bits per heavy atom. The van der Waals surface area contributed by atoms with E-state index in [0.717, 1.165) is 24.8 Å². The Balaban J connectivity index is 1.83. The average Bonchev–Trinajstić information content (AvgIpc) is 2.54. The summed E-state index contributed by atoms with van der Waals surface area (Å²) < 4.78 is 10.8.